The van der Waals surface area contributed by atoms with Crippen molar-refractivity contribution in [3.8, 4) is 0 Å². The van der Waals surface area contributed by atoms with E-state index < -0.39 is 0 Å². The molecule has 2 amide bonds. The van der Waals surface area contributed by atoms with Gasteiger partial charge in [-0.2, -0.15) is 0 Å². The van der Waals surface area contributed by atoms with E-state index in [-0.39, 0.29) is 30.6 Å². The second-order valence-corrected chi connectivity index (χ2v) is 5.02. The molecule has 0 aliphatic carbocycles. The van der Waals surface area contributed by atoms with E-state index in [9.17, 15) is 9.59 Å². The number of halogens is 1. The van der Waals surface area contributed by atoms with E-state index in [0.29, 0.717) is 18.7 Å². The number of hydrogen-bond acceptors (Lipinski definition) is 3. The Morgan fingerprint density at radius 2 is 1.65 bits per heavy atom. The average Bonchev–Trinajstić information content (AvgIpc) is 2.54. The monoisotopic (exact) mass is 335 g/mol. The molecular formula is C17H22ClN3O2. The highest BCUT2D eigenvalue weighted by Gasteiger charge is 2.07. The third-order valence-corrected chi connectivity index (χ3v) is 3.35. The molecule has 2 aromatic rings. The summed E-state index contributed by atoms with van der Waals surface area (Å²) in [6, 6.07) is 13.5. The number of nitrogens with one attached hydrogen (secondary N) is 3. The van der Waals surface area contributed by atoms with Crippen molar-refractivity contribution in [2.75, 3.05) is 26.7 Å². The molecule has 3 N–H and O–H groups in total. The maximum Gasteiger partial charge on any atom is 0.251 e. The van der Waals surface area contributed by atoms with Gasteiger partial charge in [0.15, 0.2) is 0 Å². The highest BCUT2D eigenvalue weighted by atomic mass is 35.5. The van der Waals surface area contributed by atoms with Gasteiger partial charge in [0.25, 0.3) is 5.91 Å². The van der Waals surface area contributed by atoms with Crippen LogP contribution in [0.5, 0.6) is 0 Å². The minimum absolute atomic E-state index is 0. The standard InChI is InChI=1S/C17H21N3O2.ClH/c1-18-10-11-19-16(21)8-9-20-17(22)15-7-6-13-4-2-3-5-14(13)12-15;/h2-7,12,18H,8-11H2,1H3,(H,19,21)(H,20,22);1H. The van der Waals surface area contributed by atoms with Crippen LogP contribution in [0.15, 0.2) is 42.5 Å². The van der Waals surface area contributed by atoms with Crippen LogP contribution in [-0.4, -0.2) is 38.5 Å². The van der Waals surface area contributed by atoms with Gasteiger partial charge in [0, 0.05) is 31.6 Å². The van der Waals surface area contributed by atoms with Crippen molar-refractivity contribution in [1.29, 1.82) is 0 Å². The average molecular weight is 336 g/mol. The number of carbonyl (C=O) groups is 2. The van der Waals surface area contributed by atoms with Crippen molar-refractivity contribution in [2.24, 2.45) is 0 Å². The Balaban J connectivity index is 0.00000264. The summed E-state index contributed by atoms with van der Waals surface area (Å²) in [4.78, 5) is 23.6. The first-order valence-corrected chi connectivity index (χ1v) is 7.39. The van der Waals surface area contributed by atoms with Gasteiger partial charge in [-0.15, -0.1) is 12.4 Å². The smallest absolute Gasteiger partial charge is 0.251 e. The third-order valence-electron chi connectivity index (χ3n) is 3.35. The van der Waals surface area contributed by atoms with Crippen LogP contribution in [-0.2, 0) is 4.79 Å². The summed E-state index contributed by atoms with van der Waals surface area (Å²) in [5.74, 6) is -0.220. The highest BCUT2D eigenvalue weighted by Crippen LogP contribution is 2.15. The third kappa shape index (κ3) is 5.88. The number of benzene rings is 2. The Morgan fingerprint density at radius 1 is 0.913 bits per heavy atom. The summed E-state index contributed by atoms with van der Waals surface area (Å²) in [5.41, 5.74) is 0.606. The molecule has 2 aromatic carbocycles. The first-order chi connectivity index (χ1) is 10.7. The molecule has 0 fully saturated rings. The van der Waals surface area contributed by atoms with Gasteiger partial charge in [0.1, 0.15) is 0 Å². The van der Waals surface area contributed by atoms with Gasteiger partial charge in [-0.25, -0.2) is 0 Å². The normalized spacial score (nSPS) is 9.96. The lowest BCUT2D eigenvalue weighted by molar-refractivity contribution is -0.120. The molecule has 5 nitrogen and oxygen atoms in total. The van der Waals surface area contributed by atoms with Gasteiger partial charge in [-0.05, 0) is 30.0 Å². The van der Waals surface area contributed by atoms with Crippen molar-refractivity contribution >= 4 is 35.0 Å². The largest absolute Gasteiger partial charge is 0.355 e. The Bertz CT molecular complexity index is 661. The van der Waals surface area contributed by atoms with Gasteiger partial charge in [0.05, 0.1) is 0 Å². The van der Waals surface area contributed by atoms with E-state index in [0.717, 1.165) is 17.3 Å². The quantitative estimate of drug-likeness (QED) is 0.675. The molecule has 0 unspecified atom stereocenters. The molecular weight excluding hydrogens is 314 g/mol. The van der Waals surface area contributed by atoms with Crippen molar-refractivity contribution in [3.05, 3.63) is 48.0 Å². The van der Waals surface area contributed by atoms with Crippen LogP contribution in [0, 0.1) is 0 Å². The number of fused-ring (bicyclic) bond motifs is 1. The SMILES string of the molecule is CNCCNC(=O)CCNC(=O)c1ccc2ccccc2c1.Cl. The van der Waals surface area contributed by atoms with Gasteiger partial charge < -0.3 is 16.0 Å². The zero-order chi connectivity index (χ0) is 15.8. The minimum atomic E-state index is -0.159. The van der Waals surface area contributed by atoms with Crippen LogP contribution in [0.4, 0.5) is 0 Å². The number of likely N-dealkylation sites (N-methyl/N-ethyl adjacent to an activating group) is 1. The summed E-state index contributed by atoms with van der Waals surface area (Å²) < 4.78 is 0. The Hall–Kier alpha value is -2.11. The molecule has 0 aliphatic rings. The highest BCUT2D eigenvalue weighted by molar-refractivity contribution is 5.98. The molecule has 0 heterocycles. The van der Waals surface area contributed by atoms with Crippen LogP contribution in [0.2, 0.25) is 0 Å². The zero-order valence-electron chi connectivity index (χ0n) is 13.1. The second-order valence-electron chi connectivity index (χ2n) is 5.02. The van der Waals surface area contributed by atoms with Crippen LogP contribution < -0.4 is 16.0 Å². The molecule has 0 atom stereocenters. The van der Waals surface area contributed by atoms with E-state index >= 15 is 0 Å². The lowest BCUT2D eigenvalue weighted by Gasteiger charge is -2.07. The lowest BCUT2D eigenvalue weighted by atomic mass is 10.1. The first-order valence-electron chi connectivity index (χ1n) is 7.39. The molecule has 6 heteroatoms. The fraction of sp³-hybridized carbons (Fsp3) is 0.294. The van der Waals surface area contributed by atoms with Crippen LogP contribution >= 0.6 is 12.4 Å². The number of carbonyl (C=O) groups excluding carboxylic acids is 2. The minimum Gasteiger partial charge on any atom is -0.355 e. The van der Waals surface area contributed by atoms with Crippen LogP contribution in [0.25, 0.3) is 10.8 Å². The lowest BCUT2D eigenvalue weighted by Crippen LogP contribution is -2.33. The molecule has 2 rings (SSSR count). The zero-order valence-corrected chi connectivity index (χ0v) is 13.9. The fourth-order valence-corrected chi connectivity index (χ4v) is 2.14. The van der Waals surface area contributed by atoms with Crippen molar-refractivity contribution in [2.45, 2.75) is 6.42 Å². The Kier molecular flexibility index (Phi) is 8.08. The van der Waals surface area contributed by atoms with Gasteiger partial charge in [0.2, 0.25) is 5.91 Å². The maximum atomic E-state index is 12.1. The van der Waals surface area contributed by atoms with Gasteiger partial charge in [-0.3, -0.25) is 9.59 Å². The van der Waals surface area contributed by atoms with Gasteiger partial charge >= 0.3 is 0 Å². The number of amides is 2. The molecule has 0 aliphatic heterocycles. The summed E-state index contributed by atoms with van der Waals surface area (Å²) in [6.07, 6.45) is 0.281. The van der Waals surface area contributed by atoms with Crippen molar-refractivity contribution in [1.82, 2.24) is 16.0 Å². The molecule has 0 bridgehead atoms. The molecule has 0 radical (unpaired) electrons. The van der Waals surface area contributed by atoms with E-state index in [2.05, 4.69) is 16.0 Å². The van der Waals surface area contributed by atoms with Crippen molar-refractivity contribution in [3.63, 3.8) is 0 Å². The van der Waals surface area contributed by atoms with Crippen LogP contribution in [0.1, 0.15) is 16.8 Å². The molecule has 0 saturated heterocycles. The predicted octanol–water partition coefficient (Wildman–Crippen LogP) is 1.72. The number of rotatable bonds is 7. The van der Waals surface area contributed by atoms with E-state index in [4.69, 9.17) is 0 Å². The molecule has 0 saturated carbocycles. The predicted molar refractivity (Wildman–Crippen MR) is 95.1 cm³/mol. The first kappa shape index (κ1) is 18.9. The Labute approximate surface area is 142 Å². The van der Waals surface area contributed by atoms with E-state index in [1.54, 1.807) is 6.07 Å². The van der Waals surface area contributed by atoms with E-state index in [1.165, 1.54) is 0 Å². The van der Waals surface area contributed by atoms with Gasteiger partial charge in [-0.1, -0.05) is 30.3 Å². The molecule has 0 aromatic heterocycles. The molecule has 23 heavy (non-hydrogen) atoms. The second kappa shape index (κ2) is 9.82. The maximum absolute atomic E-state index is 12.1. The number of hydrogen-bond donors (Lipinski definition) is 3. The fourth-order valence-electron chi connectivity index (χ4n) is 2.14. The summed E-state index contributed by atoms with van der Waals surface area (Å²) >= 11 is 0. The van der Waals surface area contributed by atoms with E-state index in [1.807, 2.05) is 43.4 Å². The summed E-state index contributed by atoms with van der Waals surface area (Å²) in [6.45, 7) is 1.65. The Morgan fingerprint density at radius 3 is 2.39 bits per heavy atom. The molecule has 0 spiro atoms. The summed E-state index contributed by atoms with van der Waals surface area (Å²) in [5, 5.41) is 10.6. The topological polar surface area (TPSA) is 70.2 Å². The van der Waals surface area contributed by atoms with Crippen LogP contribution in [0.3, 0.4) is 0 Å². The van der Waals surface area contributed by atoms with Crippen molar-refractivity contribution < 1.29 is 9.59 Å². The molecule has 124 valence electrons. The summed E-state index contributed by atoms with van der Waals surface area (Å²) in [7, 11) is 1.83.